The summed E-state index contributed by atoms with van der Waals surface area (Å²) in [4.78, 5) is 9.05. The highest BCUT2D eigenvalue weighted by Gasteiger charge is 2.12. The third kappa shape index (κ3) is 3.91. The summed E-state index contributed by atoms with van der Waals surface area (Å²) >= 11 is 0. The van der Waals surface area contributed by atoms with Crippen molar-refractivity contribution in [1.82, 2.24) is 9.97 Å². The Labute approximate surface area is 167 Å². The van der Waals surface area contributed by atoms with Gasteiger partial charge in [-0.05, 0) is 65.3 Å². The minimum absolute atomic E-state index is 0.546. The number of aromatic nitrogens is 2. The van der Waals surface area contributed by atoms with Crippen molar-refractivity contribution in [3.63, 3.8) is 0 Å². The van der Waals surface area contributed by atoms with Crippen molar-refractivity contribution in [3.05, 3.63) is 83.8 Å². The van der Waals surface area contributed by atoms with E-state index in [2.05, 4.69) is 74.3 Å². The zero-order valence-corrected chi connectivity index (χ0v) is 17.0. The first-order valence-electron chi connectivity index (χ1n) is 10.3. The third-order valence-corrected chi connectivity index (χ3v) is 5.48. The minimum Gasteiger partial charge on any atom is -0.264 e. The summed E-state index contributed by atoms with van der Waals surface area (Å²) in [6.07, 6.45) is 9.03. The molecule has 0 fully saturated rings. The van der Waals surface area contributed by atoms with Crippen molar-refractivity contribution in [3.8, 4) is 0 Å². The van der Waals surface area contributed by atoms with Gasteiger partial charge >= 0.3 is 0 Å². The lowest BCUT2D eigenvalue weighted by Gasteiger charge is -2.16. The van der Waals surface area contributed by atoms with Crippen molar-refractivity contribution < 1.29 is 0 Å². The molecule has 4 rings (SSSR count). The molecule has 2 heterocycles. The van der Waals surface area contributed by atoms with E-state index in [9.17, 15) is 0 Å². The molecule has 0 spiro atoms. The molecule has 2 aromatic carbocycles. The van der Waals surface area contributed by atoms with E-state index in [0.717, 1.165) is 19.3 Å². The summed E-state index contributed by atoms with van der Waals surface area (Å²) in [5.74, 6) is 1.18. The lowest BCUT2D eigenvalue weighted by Crippen LogP contribution is -2.06. The molecule has 0 aliphatic rings. The largest absolute Gasteiger partial charge is 0.264 e. The smallest absolute Gasteiger partial charge is 0.0736 e. The van der Waals surface area contributed by atoms with E-state index in [1.54, 1.807) is 0 Å². The van der Waals surface area contributed by atoms with E-state index in [1.165, 1.54) is 38.4 Å². The van der Waals surface area contributed by atoms with E-state index in [-0.39, 0.29) is 0 Å². The van der Waals surface area contributed by atoms with Gasteiger partial charge in [-0.15, -0.1) is 0 Å². The zero-order valence-electron chi connectivity index (χ0n) is 17.0. The van der Waals surface area contributed by atoms with Gasteiger partial charge in [-0.1, -0.05) is 57.2 Å². The number of pyridine rings is 2. The highest BCUT2D eigenvalue weighted by Crippen LogP contribution is 2.26. The van der Waals surface area contributed by atoms with Crippen LogP contribution in [-0.2, 0) is 19.3 Å². The second-order valence-corrected chi connectivity index (χ2v) is 8.41. The normalized spacial score (nSPS) is 12.7. The molecule has 4 aromatic rings. The maximum atomic E-state index is 4.72. The highest BCUT2D eigenvalue weighted by molar-refractivity contribution is 5.85. The van der Waals surface area contributed by atoms with E-state index in [4.69, 9.17) is 4.98 Å². The Bertz CT molecular complexity index is 1090. The summed E-state index contributed by atoms with van der Waals surface area (Å²) in [6, 6.07) is 17.5. The Morgan fingerprint density at radius 1 is 0.714 bits per heavy atom. The number of benzene rings is 2. The van der Waals surface area contributed by atoms with Gasteiger partial charge in [0.2, 0.25) is 0 Å². The first kappa shape index (κ1) is 18.6. The molecule has 0 amide bonds. The van der Waals surface area contributed by atoms with E-state index >= 15 is 0 Å². The van der Waals surface area contributed by atoms with Gasteiger partial charge in [0.25, 0.3) is 0 Å². The molecular weight excluding hydrogens is 340 g/mol. The fourth-order valence-corrected chi connectivity index (χ4v) is 4.25. The van der Waals surface area contributed by atoms with Gasteiger partial charge in [-0.3, -0.25) is 9.97 Å². The van der Waals surface area contributed by atoms with Gasteiger partial charge in [0.05, 0.1) is 5.52 Å². The molecule has 0 aliphatic carbocycles. The van der Waals surface area contributed by atoms with Crippen LogP contribution in [0.5, 0.6) is 0 Å². The van der Waals surface area contributed by atoms with Crippen LogP contribution in [0.15, 0.2) is 67.1 Å². The highest BCUT2D eigenvalue weighted by atomic mass is 14.7. The number of rotatable bonds is 6. The second kappa shape index (κ2) is 8.10. The van der Waals surface area contributed by atoms with Crippen LogP contribution in [0, 0.1) is 11.8 Å². The second-order valence-electron chi connectivity index (χ2n) is 8.41. The molecule has 2 nitrogen and oxygen atoms in total. The first-order chi connectivity index (χ1) is 13.6. The molecule has 0 aliphatic heterocycles. The van der Waals surface area contributed by atoms with Gasteiger partial charge in [0.15, 0.2) is 0 Å². The molecule has 0 bridgehead atoms. The van der Waals surface area contributed by atoms with Crippen LogP contribution in [0.3, 0.4) is 0 Å². The predicted molar refractivity (Wildman–Crippen MR) is 119 cm³/mol. The Hall–Kier alpha value is -2.74. The van der Waals surface area contributed by atoms with Crippen molar-refractivity contribution in [2.45, 2.75) is 40.0 Å². The molecule has 1 atom stereocenters. The average Bonchev–Trinajstić information content (AvgIpc) is 2.68. The summed E-state index contributed by atoms with van der Waals surface area (Å²) in [6.45, 7) is 6.88. The summed E-state index contributed by atoms with van der Waals surface area (Å²) in [7, 11) is 0. The lowest BCUT2D eigenvalue weighted by atomic mass is 9.90. The average molecular weight is 369 g/mol. The summed E-state index contributed by atoms with van der Waals surface area (Å²) in [5.41, 5.74) is 5.33. The fourth-order valence-electron chi connectivity index (χ4n) is 4.25. The quantitative estimate of drug-likeness (QED) is 0.393. The Balaban J connectivity index is 1.61. The molecule has 2 heteroatoms. The molecule has 142 valence electrons. The molecule has 0 saturated heterocycles. The zero-order chi connectivity index (χ0) is 19.5. The molecule has 0 N–H and O–H groups in total. The number of para-hydroxylation sites is 1. The van der Waals surface area contributed by atoms with Crippen molar-refractivity contribution in [2.24, 2.45) is 11.8 Å². The van der Waals surface area contributed by atoms with Crippen molar-refractivity contribution >= 4 is 21.7 Å². The number of hydrogen-bond acceptors (Lipinski definition) is 2. The Morgan fingerprint density at radius 2 is 1.46 bits per heavy atom. The van der Waals surface area contributed by atoms with Gasteiger partial charge in [-0.25, -0.2) is 0 Å². The van der Waals surface area contributed by atoms with Crippen LogP contribution in [0.4, 0.5) is 0 Å². The molecule has 0 radical (unpaired) electrons. The SMILES string of the molecule is CC(C)Cc1cccc2c(CC(C)Cc3cccc4ccncc34)ccnc12. The van der Waals surface area contributed by atoms with Gasteiger partial charge < -0.3 is 0 Å². The monoisotopic (exact) mass is 368 g/mol. The van der Waals surface area contributed by atoms with Crippen LogP contribution < -0.4 is 0 Å². The van der Waals surface area contributed by atoms with E-state index < -0.39 is 0 Å². The van der Waals surface area contributed by atoms with Gasteiger partial charge in [0.1, 0.15) is 0 Å². The molecule has 2 aromatic heterocycles. The molecular formula is C26H28N2. The minimum atomic E-state index is 0.546. The van der Waals surface area contributed by atoms with Crippen LogP contribution in [0.2, 0.25) is 0 Å². The van der Waals surface area contributed by atoms with Gasteiger partial charge in [-0.2, -0.15) is 0 Å². The fraction of sp³-hybridized carbons (Fsp3) is 0.308. The van der Waals surface area contributed by atoms with Crippen LogP contribution >= 0.6 is 0 Å². The van der Waals surface area contributed by atoms with E-state index in [1.807, 2.05) is 18.6 Å². The molecule has 0 saturated carbocycles. The number of hydrogen-bond donors (Lipinski definition) is 0. The maximum Gasteiger partial charge on any atom is 0.0736 e. The topological polar surface area (TPSA) is 25.8 Å². The van der Waals surface area contributed by atoms with Crippen LogP contribution in [0.25, 0.3) is 21.7 Å². The summed E-state index contributed by atoms with van der Waals surface area (Å²) in [5, 5.41) is 3.86. The van der Waals surface area contributed by atoms with Gasteiger partial charge in [0, 0.05) is 29.4 Å². The number of nitrogens with zero attached hydrogens (tertiary/aromatic N) is 2. The lowest BCUT2D eigenvalue weighted by molar-refractivity contribution is 0.581. The summed E-state index contributed by atoms with van der Waals surface area (Å²) < 4.78 is 0. The first-order valence-corrected chi connectivity index (χ1v) is 10.3. The molecule has 1 unspecified atom stereocenters. The number of fused-ring (bicyclic) bond motifs is 2. The standard InChI is InChI=1S/C26H28N2/c1-18(2)14-23-8-5-9-24-22(11-13-28-26(23)24)16-19(3)15-21-7-4-6-20-10-12-27-17-25(20)21/h4-13,17-19H,14-16H2,1-3H3. The predicted octanol–water partition coefficient (Wildman–Crippen LogP) is 6.40. The van der Waals surface area contributed by atoms with Crippen molar-refractivity contribution in [2.75, 3.05) is 0 Å². The van der Waals surface area contributed by atoms with Crippen LogP contribution in [0.1, 0.15) is 37.5 Å². The van der Waals surface area contributed by atoms with E-state index in [0.29, 0.717) is 11.8 Å². The maximum absolute atomic E-state index is 4.72. The Kier molecular flexibility index (Phi) is 5.38. The van der Waals surface area contributed by atoms with Crippen LogP contribution in [-0.4, -0.2) is 9.97 Å². The molecule has 28 heavy (non-hydrogen) atoms. The Morgan fingerprint density at radius 3 is 2.29 bits per heavy atom. The third-order valence-electron chi connectivity index (χ3n) is 5.48. The van der Waals surface area contributed by atoms with Crippen molar-refractivity contribution in [1.29, 1.82) is 0 Å².